The number of aliphatic hydroxyl groups excluding tert-OH is 1. The van der Waals surface area contributed by atoms with E-state index < -0.39 is 35.9 Å². The topological polar surface area (TPSA) is 184 Å². The van der Waals surface area contributed by atoms with Crippen molar-refractivity contribution in [3.8, 4) is 5.75 Å². The molecule has 14 nitrogen and oxygen atoms in total. The summed E-state index contributed by atoms with van der Waals surface area (Å²) in [5, 5.41) is 26.1. The summed E-state index contributed by atoms with van der Waals surface area (Å²) in [6, 6.07) is 14.1. The summed E-state index contributed by atoms with van der Waals surface area (Å²) < 4.78 is 7.61. The van der Waals surface area contributed by atoms with Crippen LogP contribution in [0.25, 0.3) is 0 Å². The van der Waals surface area contributed by atoms with Crippen LogP contribution in [0.3, 0.4) is 0 Å². The molecule has 54 heavy (non-hydrogen) atoms. The highest BCUT2D eigenvalue weighted by Crippen LogP contribution is 2.16. The fourth-order valence-corrected chi connectivity index (χ4v) is 6.29. The lowest BCUT2D eigenvalue weighted by Crippen LogP contribution is -2.57. The van der Waals surface area contributed by atoms with Gasteiger partial charge in [0.2, 0.25) is 17.7 Å². The number of nitrogens with zero attached hydrogens (tertiary/aromatic N) is 3. The van der Waals surface area contributed by atoms with Gasteiger partial charge in [0.1, 0.15) is 17.8 Å². The lowest BCUT2D eigenvalue weighted by atomic mass is 10.0. The Bertz CT molecular complexity index is 1760. The molecule has 5 amide bonds. The van der Waals surface area contributed by atoms with E-state index in [1.54, 1.807) is 35.2 Å². The molecule has 0 spiro atoms. The zero-order valence-electron chi connectivity index (χ0n) is 32.0. The minimum atomic E-state index is -1.24. The maximum Gasteiger partial charge on any atom is 0.257 e. The fourth-order valence-electron chi connectivity index (χ4n) is 6.29. The summed E-state index contributed by atoms with van der Waals surface area (Å²) in [5.41, 5.74) is 4.05. The summed E-state index contributed by atoms with van der Waals surface area (Å²) >= 11 is 0. The number of nitrogens with one attached hydrogen (secondary N) is 4. The van der Waals surface area contributed by atoms with E-state index in [1.807, 2.05) is 56.6 Å². The lowest BCUT2D eigenvalue weighted by molar-refractivity contribution is -0.134. The number of aryl methyl sites for hydroxylation is 2. The molecule has 1 aromatic heterocycles. The van der Waals surface area contributed by atoms with E-state index >= 15 is 0 Å². The summed E-state index contributed by atoms with van der Waals surface area (Å²) in [5.74, 6) is -1.56. The molecule has 14 heteroatoms. The van der Waals surface area contributed by atoms with Gasteiger partial charge >= 0.3 is 0 Å². The SMILES string of the molecule is Cc1cc(C)n(Cc2cccc(C(=O)N3CCCCNC(=O)[C@H]([C@@H](C)O)NC(=O)[C@@H](CC(C)C)NC(=O)Cc4cccc(c4)OCC(=O)NCCC3)c2)n1. The number of benzene rings is 2. The van der Waals surface area contributed by atoms with Crippen molar-refractivity contribution in [2.24, 2.45) is 5.92 Å². The quantitative estimate of drug-likeness (QED) is 0.255. The molecule has 2 aromatic carbocycles. The second-order valence-corrected chi connectivity index (χ2v) is 14.4. The van der Waals surface area contributed by atoms with Crippen molar-refractivity contribution in [2.45, 2.75) is 91.5 Å². The maximum atomic E-state index is 13.9. The Morgan fingerprint density at radius 3 is 2.35 bits per heavy atom. The second kappa shape index (κ2) is 20.3. The summed E-state index contributed by atoms with van der Waals surface area (Å²) in [6.07, 6.45) is 0.648. The molecule has 1 aliphatic heterocycles. The van der Waals surface area contributed by atoms with Gasteiger partial charge in [-0.15, -0.1) is 0 Å². The fraction of sp³-hybridized carbons (Fsp3) is 0.500. The van der Waals surface area contributed by atoms with Crippen LogP contribution in [0.5, 0.6) is 5.75 Å². The van der Waals surface area contributed by atoms with Gasteiger partial charge in [0.05, 0.1) is 24.8 Å². The number of rotatable bonds is 6. The first kappa shape index (κ1) is 41.5. The highest BCUT2D eigenvalue weighted by atomic mass is 16.5. The van der Waals surface area contributed by atoms with Crippen LogP contribution in [0.1, 0.15) is 79.3 Å². The van der Waals surface area contributed by atoms with Crippen LogP contribution < -0.4 is 26.0 Å². The molecule has 0 radical (unpaired) electrons. The Kier molecular flexibility index (Phi) is 15.6. The van der Waals surface area contributed by atoms with Crippen molar-refractivity contribution < 1.29 is 33.8 Å². The maximum absolute atomic E-state index is 13.9. The van der Waals surface area contributed by atoms with Gasteiger partial charge < -0.3 is 36.0 Å². The van der Waals surface area contributed by atoms with Gasteiger partial charge in [-0.2, -0.15) is 5.10 Å². The van der Waals surface area contributed by atoms with Crippen LogP contribution in [0.2, 0.25) is 0 Å². The average Bonchev–Trinajstić information content (AvgIpc) is 3.44. The van der Waals surface area contributed by atoms with Crippen LogP contribution in [0, 0.1) is 19.8 Å². The summed E-state index contributed by atoms with van der Waals surface area (Å²) in [6.45, 7) is 10.8. The lowest BCUT2D eigenvalue weighted by Gasteiger charge is -2.26. The molecule has 292 valence electrons. The van der Waals surface area contributed by atoms with E-state index in [0.29, 0.717) is 68.7 Å². The standard InChI is InChI=1S/C40H55N7O7/c1-26(2)19-34-38(51)44-37(29(5)48)39(52)42-15-6-7-17-46(40(53)32-13-8-12-31(21-32)24-47-28(4)20-27(3)45-47)18-10-16-41-36(50)25-54-33-14-9-11-30(22-33)23-35(49)43-34/h8-9,11-14,20-22,26,29,34,37,48H,6-7,10,15-19,23-25H2,1-5H3,(H,41,50)(H,42,52)(H,43,49)(H,44,51)/t29-,34-,37+/m1/s1. The predicted molar refractivity (Wildman–Crippen MR) is 204 cm³/mol. The number of ether oxygens (including phenoxy) is 1. The van der Waals surface area contributed by atoms with Crippen molar-refractivity contribution in [1.29, 1.82) is 0 Å². The van der Waals surface area contributed by atoms with Gasteiger partial charge in [-0.3, -0.25) is 28.7 Å². The zero-order chi connectivity index (χ0) is 39.2. The Balaban J connectivity index is 1.49. The van der Waals surface area contributed by atoms with Crippen molar-refractivity contribution >= 4 is 29.5 Å². The largest absolute Gasteiger partial charge is 0.484 e. The van der Waals surface area contributed by atoms with Gasteiger partial charge in [0.25, 0.3) is 11.8 Å². The molecule has 1 aliphatic rings. The number of amides is 5. The summed E-state index contributed by atoms with van der Waals surface area (Å²) in [4.78, 5) is 67.9. The minimum Gasteiger partial charge on any atom is -0.484 e. The number of aliphatic hydroxyl groups is 1. The molecule has 0 unspecified atom stereocenters. The third-order valence-electron chi connectivity index (χ3n) is 9.03. The molecule has 0 aliphatic carbocycles. The van der Waals surface area contributed by atoms with E-state index in [0.717, 1.165) is 17.0 Å². The van der Waals surface area contributed by atoms with E-state index in [9.17, 15) is 29.1 Å². The molecule has 3 aromatic rings. The summed E-state index contributed by atoms with van der Waals surface area (Å²) in [7, 11) is 0. The number of carbonyl (C=O) groups excluding carboxylic acids is 5. The third kappa shape index (κ3) is 13.0. The van der Waals surface area contributed by atoms with Crippen LogP contribution in [0.15, 0.2) is 54.6 Å². The zero-order valence-corrected chi connectivity index (χ0v) is 32.0. The first-order chi connectivity index (χ1) is 25.8. The van der Waals surface area contributed by atoms with Crippen molar-refractivity contribution in [3.05, 3.63) is 82.7 Å². The van der Waals surface area contributed by atoms with Crippen LogP contribution in [-0.4, -0.2) is 100 Å². The Labute approximate surface area is 317 Å². The number of hydrogen-bond donors (Lipinski definition) is 5. The second-order valence-electron chi connectivity index (χ2n) is 14.4. The van der Waals surface area contributed by atoms with Crippen LogP contribution >= 0.6 is 0 Å². The van der Waals surface area contributed by atoms with E-state index in [-0.39, 0.29) is 37.3 Å². The third-order valence-corrected chi connectivity index (χ3v) is 9.03. The van der Waals surface area contributed by atoms with Gasteiger partial charge in [-0.1, -0.05) is 38.1 Å². The predicted octanol–water partition coefficient (Wildman–Crippen LogP) is 2.42. The normalized spacial score (nSPS) is 19.4. The number of aromatic nitrogens is 2. The monoisotopic (exact) mass is 745 g/mol. The molecule has 0 saturated heterocycles. The van der Waals surface area contributed by atoms with Gasteiger partial charge in [-0.25, -0.2) is 0 Å². The molecular formula is C40H55N7O7. The van der Waals surface area contributed by atoms with Crippen LogP contribution in [0.4, 0.5) is 0 Å². The van der Waals surface area contributed by atoms with E-state index in [4.69, 9.17) is 4.74 Å². The molecule has 3 atom stereocenters. The number of hydrogen-bond acceptors (Lipinski definition) is 8. The molecule has 2 heterocycles. The van der Waals surface area contributed by atoms with Crippen LogP contribution in [-0.2, 0) is 32.1 Å². The smallest absolute Gasteiger partial charge is 0.257 e. The number of fused-ring (bicyclic) bond motifs is 2. The Morgan fingerprint density at radius 1 is 0.889 bits per heavy atom. The van der Waals surface area contributed by atoms with Gasteiger partial charge in [0.15, 0.2) is 6.61 Å². The van der Waals surface area contributed by atoms with Crippen molar-refractivity contribution in [2.75, 3.05) is 32.8 Å². The first-order valence-electron chi connectivity index (χ1n) is 18.7. The average molecular weight is 746 g/mol. The van der Waals surface area contributed by atoms with E-state index in [2.05, 4.69) is 26.4 Å². The van der Waals surface area contributed by atoms with Crippen molar-refractivity contribution in [1.82, 2.24) is 35.9 Å². The number of carbonyl (C=O) groups is 5. The van der Waals surface area contributed by atoms with E-state index in [1.165, 1.54) is 6.92 Å². The molecule has 5 N–H and O–H groups in total. The van der Waals surface area contributed by atoms with Crippen molar-refractivity contribution in [3.63, 3.8) is 0 Å². The highest BCUT2D eigenvalue weighted by molar-refractivity contribution is 5.94. The highest BCUT2D eigenvalue weighted by Gasteiger charge is 2.30. The minimum absolute atomic E-state index is 0.0423. The molecular weight excluding hydrogens is 690 g/mol. The van der Waals surface area contributed by atoms with Gasteiger partial charge in [-0.05, 0) is 93.8 Å². The molecule has 4 rings (SSSR count). The Hall–Kier alpha value is -5.24. The molecule has 0 saturated carbocycles. The molecule has 0 fully saturated rings. The Morgan fingerprint density at radius 2 is 1.63 bits per heavy atom. The molecule has 2 bridgehead atoms. The van der Waals surface area contributed by atoms with Gasteiger partial charge in [0, 0.05) is 37.4 Å². The first-order valence-corrected chi connectivity index (χ1v) is 18.7.